The molecule has 0 amide bonds. The summed E-state index contributed by atoms with van der Waals surface area (Å²) in [7, 11) is 0. The van der Waals surface area contributed by atoms with Crippen LogP contribution in [0.3, 0.4) is 0 Å². The van der Waals surface area contributed by atoms with Crippen molar-refractivity contribution in [3.8, 4) is 0 Å². The highest BCUT2D eigenvalue weighted by atomic mass is 32.1. The third-order valence-electron chi connectivity index (χ3n) is 5.62. The molecular formula is C28H35NO8S2. The second-order valence-corrected chi connectivity index (χ2v) is 10.9. The fraction of sp³-hybridized carbons (Fsp3) is 0.429. The molecule has 2 aromatic heterocycles. The highest BCUT2D eigenvalue weighted by Gasteiger charge is 2.24. The van der Waals surface area contributed by atoms with Crippen LogP contribution in [0.25, 0.3) is 0 Å². The van der Waals surface area contributed by atoms with Gasteiger partial charge in [0.05, 0.1) is 5.92 Å². The van der Waals surface area contributed by atoms with E-state index in [4.69, 9.17) is 18.9 Å². The smallest absolute Gasteiger partial charge is 0.330 e. The van der Waals surface area contributed by atoms with E-state index in [1.165, 1.54) is 22.7 Å². The van der Waals surface area contributed by atoms with E-state index in [1.807, 2.05) is 38.1 Å². The van der Waals surface area contributed by atoms with Crippen LogP contribution in [0.15, 0.2) is 49.6 Å². The summed E-state index contributed by atoms with van der Waals surface area (Å²) in [4.78, 5) is 53.2. The molecule has 2 aromatic rings. The summed E-state index contributed by atoms with van der Waals surface area (Å²) in [6, 6.07) is 7.27. The molecule has 0 aliphatic carbocycles. The van der Waals surface area contributed by atoms with Crippen molar-refractivity contribution < 1.29 is 38.1 Å². The first kappa shape index (κ1) is 31.9. The van der Waals surface area contributed by atoms with E-state index in [9.17, 15) is 19.2 Å². The van der Waals surface area contributed by atoms with Gasteiger partial charge < -0.3 is 23.8 Å². The first-order valence-corrected chi connectivity index (χ1v) is 14.2. The van der Waals surface area contributed by atoms with Crippen LogP contribution in [0.1, 0.15) is 46.2 Å². The summed E-state index contributed by atoms with van der Waals surface area (Å²) >= 11 is 2.78. The second-order valence-electron chi connectivity index (χ2n) is 8.35. The number of esters is 4. The van der Waals surface area contributed by atoms with E-state index >= 15 is 0 Å². The lowest BCUT2D eigenvalue weighted by Crippen LogP contribution is -2.34. The minimum absolute atomic E-state index is 0.0774. The zero-order chi connectivity index (χ0) is 28.6. The van der Waals surface area contributed by atoms with E-state index in [0.717, 1.165) is 44.8 Å². The van der Waals surface area contributed by atoms with E-state index in [-0.39, 0.29) is 38.8 Å². The molecule has 0 radical (unpaired) electrons. The zero-order valence-electron chi connectivity index (χ0n) is 22.3. The summed E-state index contributed by atoms with van der Waals surface area (Å²) < 4.78 is 21.0. The Morgan fingerprint density at radius 2 is 1.21 bits per heavy atom. The van der Waals surface area contributed by atoms with Gasteiger partial charge in [-0.25, -0.2) is 9.59 Å². The van der Waals surface area contributed by atoms with Gasteiger partial charge in [0, 0.05) is 44.6 Å². The van der Waals surface area contributed by atoms with Crippen molar-refractivity contribution in [2.24, 2.45) is 5.92 Å². The molecule has 39 heavy (non-hydrogen) atoms. The predicted octanol–water partition coefficient (Wildman–Crippen LogP) is 4.79. The van der Waals surface area contributed by atoms with Crippen molar-refractivity contribution in [2.45, 2.75) is 53.1 Å². The molecule has 0 saturated carbocycles. The number of nitrogens with zero attached hydrogens (tertiary/aromatic N) is 1. The number of hydrogen-bond acceptors (Lipinski definition) is 11. The lowest BCUT2D eigenvalue weighted by atomic mass is 10.0. The average molecular weight is 578 g/mol. The maximum Gasteiger partial charge on any atom is 0.330 e. The minimum Gasteiger partial charge on any atom is -0.460 e. The fourth-order valence-corrected chi connectivity index (χ4v) is 5.10. The first-order chi connectivity index (χ1) is 18.8. The van der Waals surface area contributed by atoms with Gasteiger partial charge in [-0.15, -0.1) is 22.7 Å². The van der Waals surface area contributed by atoms with Gasteiger partial charge in [0.15, 0.2) is 0 Å². The standard InChI is InChI=1S/C28H35NO8S2/c1-5-25(30)34-16-21-10-11-23(38-21)18-36-27(32)14-9-20(15-29(7-3)8-4)28(33)37-19-24-13-12-22(39-24)17-35-26(31)6-2/h5-6,10-13,20H,1-2,7-9,14-19H2,3-4H3. The van der Waals surface area contributed by atoms with Gasteiger partial charge in [-0.05, 0) is 43.8 Å². The number of thiophene rings is 2. The van der Waals surface area contributed by atoms with Crippen LogP contribution >= 0.6 is 22.7 Å². The minimum atomic E-state index is -0.499. The van der Waals surface area contributed by atoms with Gasteiger partial charge >= 0.3 is 23.9 Å². The van der Waals surface area contributed by atoms with Crippen LogP contribution in [0.4, 0.5) is 0 Å². The Bertz CT molecular complexity index is 1120. The summed E-state index contributed by atoms with van der Waals surface area (Å²) in [5.41, 5.74) is 0. The number of rotatable bonds is 18. The van der Waals surface area contributed by atoms with Gasteiger partial charge in [0.1, 0.15) is 26.4 Å². The molecule has 0 aliphatic heterocycles. The molecule has 0 saturated heterocycles. The molecule has 0 N–H and O–H groups in total. The molecule has 0 aliphatic rings. The maximum atomic E-state index is 13.0. The summed E-state index contributed by atoms with van der Waals surface area (Å²) in [6.45, 7) is 13.2. The quantitative estimate of drug-likeness (QED) is 0.140. The van der Waals surface area contributed by atoms with E-state index < -0.39 is 23.8 Å². The number of hydrogen-bond donors (Lipinski definition) is 0. The first-order valence-electron chi connectivity index (χ1n) is 12.6. The van der Waals surface area contributed by atoms with Crippen molar-refractivity contribution in [2.75, 3.05) is 19.6 Å². The summed E-state index contributed by atoms with van der Waals surface area (Å²) in [5.74, 6) is -2.27. The van der Waals surface area contributed by atoms with Crippen molar-refractivity contribution in [1.82, 2.24) is 4.90 Å². The van der Waals surface area contributed by atoms with Gasteiger partial charge in [-0.3, -0.25) is 9.59 Å². The second kappa shape index (κ2) is 17.3. The average Bonchev–Trinajstić information content (AvgIpc) is 3.61. The number of carbonyl (C=O) groups is 4. The molecule has 212 valence electrons. The lowest BCUT2D eigenvalue weighted by Gasteiger charge is -2.24. The SMILES string of the molecule is C=CC(=O)OCc1ccc(COC(=O)CCC(CN(CC)CC)C(=O)OCc2ccc(COC(=O)C=C)s2)s1. The Morgan fingerprint density at radius 3 is 1.64 bits per heavy atom. The van der Waals surface area contributed by atoms with Crippen LogP contribution < -0.4 is 0 Å². The maximum absolute atomic E-state index is 13.0. The molecule has 0 spiro atoms. The topological polar surface area (TPSA) is 108 Å². The lowest BCUT2D eigenvalue weighted by molar-refractivity contribution is -0.152. The van der Waals surface area contributed by atoms with Crippen molar-refractivity contribution in [3.05, 3.63) is 69.1 Å². The molecule has 0 fully saturated rings. The number of carbonyl (C=O) groups excluding carboxylic acids is 4. The van der Waals surface area contributed by atoms with Gasteiger partial charge in [0.25, 0.3) is 0 Å². The molecule has 0 bridgehead atoms. The van der Waals surface area contributed by atoms with Crippen molar-refractivity contribution in [3.63, 3.8) is 0 Å². The number of ether oxygens (including phenoxy) is 4. The third-order valence-corrected chi connectivity index (χ3v) is 7.68. The molecule has 0 aromatic carbocycles. The molecule has 2 heterocycles. The van der Waals surface area contributed by atoms with Crippen LogP contribution in [0.2, 0.25) is 0 Å². The van der Waals surface area contributed by atoms with Gasteiger partial charge in [-0.1, -0.05) is 27.0 Å². The summed E-state index contributed by atoms with van der Waals surface area (Å²) in [5, 5.41) is 0. The third kappa shape index (κ3) is 12.0. The Balaban J connectivity index is 1.85. The van der Waals surface area contributed by atoms with E-state index in [1.54, 1.807) is 0 Å². The monoisotopic (exact) mass is 577 g/mol. The highest BCUT2D eigenvalue weighted by molar-refractivity contribution is 7.12. The van der Waals surface area contributed by atoms with Crippen LogP contribution in [-0.4, -0.2) is 48.4 Å². The Labute approximate surface area is 237 Å². The molecule has 1 atom stereocenters. The van der Waals surface area contributed by atoms with Crippen molar-refractivity contribution >= 4 is 46.6 Å². The fourth-order valence-electron chi connectivity index (χ4n) is 3.41. The van der Waals surface area contributed by atoms with E-state index in [2.05, 4.69) is 18.1 Å². The molecular weight excluding hydrogens is 542 g/mol. The van der Waals surface area contributed by atoms with Crippen LogP contribution in [-0.2, 0) is 64.6 Å². The van der Waals surface area contributed by atoms with Gasteiger partial charge in [0.2, 0.25) is 0 Å². The largest absolute Gasteiger partial charge is 0.460 e. The Morgan fingerprint density at radius 1 is 0.769 bits per heavy atom. The Kier molecular flexibility index (Phi) is 14.2. The van der Waals surface area contributed by atoms with E-state index in [0.29, 0.717) is 13.0 Å². The molecule has 1 unspecified atom stereocenters. The van der Waals surface area contributed by atoms with Crippen molar-refractivity contribution in [1.29, 1.82) is 0 Å². The van der Waals surface area contributed by atoms with Crippen LogP contribution in [0.5, 0.6) is 0 Å². The molecule has 2 rings (SSSR count). The van der Waals surface area contributed by atoms with Gasteiger partial charge in [-0.2, -0.15) is 0 Å². The predicted molar refractivity (Wildman–Crippen MR) is 149 cm³/mol. The zero-order valence-corrected chi connectivity index (χ0v) is 24.0. The Hall–Kier alpha value is -3.28. The molecule has 9 nitrogen and oxygen atoms in total. The highest BCUT2D eigenvalue weighted by Crippen LogP contribution is 2.21. The summed E-state index contributed by atoms with van der Waals surface area (Å²) in [6.07, 6.45) is 2.58. The molecule has 11 heteroatoms. The normalized spacial score (nSPS) is 11.5. The van der Waals surface area contributed by atoms with Crippen LogP contribution in [0, 0.1) is 5.92 Å².